The monoisotopic (exact) mass is 180 g/mol. The van der Waals surface area contributed by atoms with Gasteiger partial charge in [-0.05, 0) is 6.42 Å². The summed E-state index contributed by atoms with van der Waals surface area (Å²) in [5.41, 5.74) is 0.624. The molecule has 0 unspecified atom stereocenters. The van der Waals surface area contributed by atoms with Gasteiger partial charge in [-0.1, -0.05) is 52.5 Å². The van der Waals surface area contributed by atoms with E-state index in [2.05, 4.69) is 13.2 Å². The molecule has 13 heavy (non-hydrogen) atoms. The minimum Gasteiger partial charge on any atom is -0.299 e. The lowest BCUT2D eigenvalue weighted by Crippen LogP contribution is -2.28. The molecule has 0 aromatic carbocycles. The van der Waals surface area contributed by atoms with Gasteiger partial charge in [-0.15, -0.1) is 0 Å². The molecule has 0 heterocycles. The van der Waals surface area contributed by atoms with Crippen molar-refractivity contribution in [3.8, 4) is 0 Å². The van der Waals surface area contributed by atoms with Crippen LogP contribution in [0, 0.1) is 11.3 Å². The molecule has 0 fully saturated rings. The molecule has 0 bridgehead atoms. The first-order chi connectivity index (χ1) is 5.81. The highest BCUT2D eigenvalue weighted by atomic mass is 16.1. The summed E-state index contributed by atoms with van der Waals surface area (Å²) >= 11 is 0. The second-order valence-electron chi connectivity index (χ2n) is 4.44. The molecule has 0 amide bonds. The van der Waals surface area contributed by atoms with Crippen LogP contribution in [0.1, 0.15) is 34.1 Å². The van der Waals surface area contributed by atoms with E-state index in [1.165, 1.54) is 0 Å². The van der Waals surface area contributed by atoms with Crippen molar-refractivity contribution in [2.75, 3.05) is 0 Å². The van der Waals surface area contributed by atoms with Crippen LogP contribution in [-0.2, 0) is 4.79 Å². The van der Waals surface area contributed by atoms with Gasteiger partial charge in [0.2, 0.25) is 0 Å². The molecule has 0 saturated heterocycles. The Morgan fingerprint density at radius 2 is 1.92 bits per heavy atom. The van der Waals surface area contributed by atoms with Crippen molar-refractivity contribution in [2.45, 2.75) is 34.1 Å². The smallest absolute Gasteiger partial charge is 0.141 e. The fourth-order valence-electron chi connectivity index (χ4n) is 1.51. The zero-order chi connectivity index (χ0) is 10.6. The number of hydrogen-bond donors (Lipinski definition) is 0. The van der Waals surface area contributed by atoms with Gasteiger partial charge in [0.05, 0.1) is 0 Å². The predicted molar refractivity (Wildman–Crippen MR) is 57.6 cm³/mol. The highest BCUT2D eigenvalue weighted by Gasteiger charge is 2.29. The van der Waals surface area contributed by atoms with E-state index in [0.717, 1.165) is 5.57 Å². The maximum absolute atomic E-state index is 11.7. The fourth-order valence-corrected chi connectivity index (χ4v) is 1.51. The summed E-state index contributed by atoms with van der Waals surface area (Å²) in [6.45, 7) is 15.3. The summed E-state index contributed by atoms with van der Waals surface area (Å²) in [5.74, 6) is 0.378. The second-order valence-corrected chi connectivity index (χ2v) is 4.44. The molecular weight excluding hydrogens is 160 g/mol. The number of carbonyl (C=O) groups excluding carboxylic acids is 1. The zero-order valence-electron chi connectivity index (χ0n) is 9.18. The average Bonchev–Trinajstić information content (AvgIpc) is 2.01. The Morgan fingerprint density at radius 1 is 1.46 bits per heavy atom. The van der Waals surface area contributed by atoms with Crippen LogP contribution in [0.2, 0.25) is 0 Å². The van der Waals surface area contributed by atoms with Crippen molar-refractivity contribution in [3.05, 3.63) is 24.8 Å². The van der Waals surface area contributed by atoms with E-state index in [9.17, 15) is 4.79 Å². The standard InChI is InChI=1S/C12H20O/c1-7-10(4)8-12(5,6)11(13)9(2)3/h7,9H,1,4,8H2,2-3,5-6H3. The molecule has 0 aliphatic rings. The maximum Gasteiger partial charge on any atom is 0.141 e. The molecule has 0 aliphatic carbocycles. The van der Waals surface area contributed by atoms with Crippen LogP contribution in [0.3, 0.4) is 0 Å². The minimum absolute atomic E-state index is 0.0904. The van der Waals surface area contributed by atoms with E-state index in [-0.39, 0.29) is 17.1 Å². The van der Waals surface area contributed by atoms with Crippen LogP contribution in [0.15, 0.2) is 24.8 Å². The summed E-state index contributed by atoms with van der Waals surface area (Å²) < 4.78 is 0. The zero-order valence-corrected chi connectivity index (χ0v) is 9.18. The summed E-state index contributed by atoms with van der Waals surface area (Å²) in [6, 6.07) is 0. The van der Waals surface area contributed by atoms with Crippen molar-refractivity contribution in [1.82, 2.24) is 0 Å². The fraction of sp³-hybridized carbons (Fsp3) is 0.583. The quantitative estimate of drug-likeness (QED) is 0.593. The minimum atomic E-state index is -0.306. The number of allylic oxidation sites excluding steroid dienone is 2. The van der Waals surface area contributed by atoms with E-state index in [4.69, 9.17) is 0 Å². The molecule has 0 aromatic heterocycles. The van der Waals surface area contributed by atoms with Crippen molar-refractivity contribution in [3.63, 3.8) is 0 Å². The lowest BCUT2D eigenvalue weighted by Gasteiger charge is -2.25. The van der Waals surface area contributed by atoms with E-state index in [1.807, 2.05) is 27.7 Å². The van der Waals surface area contributed by atoms with Crippen LogP contribution in [-0.4, -0.2) is 5.78 Å². The Balaban J connectivity index is 4.47. The highest BCUT2D eigenvalue weighted by molar-refractivity contribution is 5.86. The van der Waals surface area contributed by atoms with Gasteiger partial charge < -0.3 is 0 Å². The Kier molecular flexibility index (Phi) is 4.12. The van der Waals surface area contributed by atoms with Gasteiger partial charge in [0.25, 0.3) is 0 Å². The Hall–Kier alpha value is -0.850. The SMILES string of the molecule is C=CC(=C)CC(C)(C)C(=O)C(C)C. The molecule has 74 valence electrons. The predicted octanol–water partition coefficient (Wildman–Crippen LogP) is 3.37. The van der Waals surface area contributed by atoms with Gasteiger partial charge in [-0.25, -0.2) is 0 Å². The second kappa shape index (κ2) is 4.40. The summed E-state index contributed by atoms with van der Waals surface area (Å²) in [6.07, 6.45) is 2.42. The van der Waals surface area contributed by atoms with Crippen LogP contribution in [0.4, 0.5) is 0 Å². The number of rotatable bonds is 5. The van der Waals surface area contributed by atoms with Crippen molar-refractivity contribution in [2.24, 2.45) is 11.3 Å². The van der Waals surface area contributed by atoms with E-state index in [1.54, 1.807) is 6.08 Å². The van der Waals surface area contributed by atoms with E-state index < -0.39 is 0 Å². The Bertz CT molecular complexity index is 221. The van der Waals surface area contributed by atoms with Crippen molar-refractivity contribution >= 4 is 5.78 Å². The van der Waals surface area contributed by atoms with Gasteiger partial charge >= 0.3 is 0 Å². The average molecular weight is 180 g/mol. The summed E-state index contributed by atoms with van der Waals surface area (Å²) in [4.78, 5) is 11.7. The third kappa shape index (κ3) is 3.58. The number of Topliss-reactive ketones (excluding diaryl/α,β-unsaturated/α-hetero) is 1. The van der Waals surface area contributed by atoms with Crippen LogP contribution >= 0.6 is 0 Å². The molecular formula is C12H20O. The third-order valence-corrected chi connectivity index (χ3v) is 2.15. The molecule has 0 spiro atoms. The molecule has 0 aliphatic heterocycles. The Labute approximate surface area is 81.5 Å². The normalized spacial score (nSPS) is 11.5. The first-order valence-electron chi connectivity index (χ1n) is 4.66. The molecule has 1 heteroatoms. The molecule has 0 saturated carbocycles. The number of hydrogen-bond acceptors (Lipinski definition) is 1. The maximum atomic E-state index is 11.7. The van der Waals surface area contributed by atoms with Crippen LogP contribution in [0.25, 0.3) is 0 Å². The van der Waals surface area contributed by atoms with Crippen LogP contribution < -0.4 is 0 Å². The molecule has 0 radical (unpaired) electrons. The van der Waals surface area contributed by atoms with Gasteiger partial charge in [-0.2, -0.15) is 0 Å². The third-order valence-electron chi connectivity index (χ3n) is 2.15. The molecule has 0 aromatic rings. The number of carbonyl (C=O) groups is 1. The van der Waals surface area contributed by atoms with Gasteiger partial charge in [0, 0.05) is 11.3 Å². The van der Waals surface area contributed by atoms with Gasteiger partial charge in [0.15, 0.2) is 0 Å². The largest absolute Gasteiger partial charge is 0.299 e. The first kappa shape index (κ1) is 12.2. The summed E-state index contributed by atoms with van der Waals surface area (Å²) in [7, 11) is 0. The van der Waals surface area contributed by atoms with Crippen LogP contribution in [0.5, 0.6) is 0 Å². The molecule has 1 nitrogen and oxygen atoms in total. The summed E-state index contributed by atoms with van der Waals surface area (Å²) in [5, 5.41) is 0. The molecule has 0 rings (SSSR count). The van der Waals surface area contributed by atoms with Crippen molar-refractivity contribution < 1.29 is 4.79 Å². The lowest BCUT2D eigenvalue weighted by atomic mass is 9.78. The first-order valence-corrected chi connectivity index (χ1v) is 4.66. The van der Waals surface area contributed by atoms with Gasteiger partial charge in [-0.3, -0.25) is 4.79 Å². The van der Waals surface area contributed by atoms with Crippen molar-refractivity contribution in [1.29, 1.82) is 0 Å². The van der Waals surface area contributed by atoms with Gasteiger partial charge in [0.1, 0.15) is 5.78 Å². The highest BCUT2D eigenvalue weighted by Crippen LogP contribution is 2.28. The van der Waals surface area contributed by atoms with E-state index >= 15 is 0 Å². The topological polar surface area (TPSA) is 17.1 Å². The lowest BCUT2D eigenvalue weighted by molar-refractivity contribution is -0.130. The molecule has 0 N–H and O–H groups in total. The number of ketones is 1. The molecule has 0 atom stereocenters. The van der Waals surface area contributed by atoms with E-state index in [0.29, 0.717) is 6.42 Å². The Morgan fingerprint density at radius 3 is 2.23 bits per heavy atom.